The predicted molar refractivity (Wildman–Crippen MR) is 84.0 cm³/mol. The highest BCUT2D eigenvalue weighted by Gasteiger charge is 1.98. The first-order chi connectivity index (χ1) is 10.2. The molecule has 2 N–H and O–H groups in total. The number of carbonyl (C=O) groups is 1. The van der Waals surface area contributed by atoms with E-state index in [1.165, 1.54) is 11.8 Å². The predicted octanol–water partition coefficient (Wildman–Crippen LogP) is 2.82. The van der Waals surface area contributed by atoms with E-state index in [0.29, 0.717) is 0 Å². The van der Waals surface area contributed by atoms with E-state index in [-0.39, 0.29) is 12.5 Å². The van der Waals surface area contributed by atoms with Crippen LogP contribution in [0.5, 0.6) is 0 Å². The van der Waals surface area contributed by atoms with E-state index in [2.05, 4.69) is 15.8 Å². The molecule has 0 fully saturated rings. The fourth-order valence-corrected chi connectivity index (χ4v) is 1.57. The number of aryl methyl sites for hydroxylation is 1. The molecule has 0 spiro atoms. The molecule has 5 heteroatoms. The number of rotatable bonds is 6. The molecule has 1 aromatic carbocycles. The fourth-order valence-electron chi connectivity index (χ4n) is 1.57. The van der Waals surface area contributed by atoms with Gasteiger partial charge in [-0.15, -0.1) is 0 Å². The summed E-state index contributed by atoms with van der Waals surface area (Å²) < 4.78 is 5.11. The van der Waals surface area contributed by atoms with Gasteiger partial charge in [-0.05, 0) is 43.3 Å². The maximum atomic E-state index is 11.5. The van der Waals surface area contributed by atoms with Crippen LogP contribution in [0.25, 0.3) is 6.08 Å². The van der Waals surface area contributed by atoms with Gasteiger partial charge in [-0.2, -0.15) is 5.10 Å². The highest BCUT2D eigenvalue weighted by molar-refractivity contribution is 5.83. The second-order valence-electron chi connectivity index (χ2n) is 4.41. The Hall–Kier alpha value is -2.82. The minimum absolute atomic E-state index is 0.169. The lowest BCUT2D eigenvalue weighted by molar-refractivity contribution is -0.119. The minimum Gasteiger partial charge on any atom is -0.465 e. The van der Waals surface area contributed by atoms with E-state index in [1.807, 2.05) is 37.3 Å². The van der Waals surface area contributed by atoms with Crippen LogP contribution in [0.15, 0.2) is 58.3 Å². The second kappa shape index (κ2) is 7.69. The van der Waals surface area contributed by atoms with Crippen LogP contribution in [0.2, 0.25) is 0 Å². The number of allylic oxidation sites excluding steroid dienone is 1. The third-order valence-corrected chi connectivity index (χ3v) is 2.66. The van der Waals surface area contributed by atoms with Crippen molar-refractivity contribution in [3.8, 4) is 0 Å². The molecule has 21 heavy (non-hydrogen) atoms. The first-order valence-corrected chi connectivity index (χ1v) is 6.56. The smallest absolute Gasteiger partial charge is 0.259 e. The summed E-state index contributed by atoms with van der Waals surface area (Å²) in [6.07, 6.45) is 6.52. The zero-order valence-corrected chi connectivity index (χ0v) is 11.7. The highest BCUT2D eigenvalue weighted by Crippen LogP contribution is 2.07. The average Bonchev–Trinajstić information content (AvgIpc) is 2.99. The number of hydrazone groups is 1. The molecular formula is C16H17N3O2. The third-order valence-electron chi connectivity index (χ3n) is 2.66. The molecule has 0 atom stereocenters. The number of hydrogen-bond donors (Lipinski definition) is 2. The molecule has 0 unspecified atom stereocenters. The lowest BCUT2D eigenvalue weighted by Crippen LogP contribution is -2.25. The van der Waals surface area contributed by atoms with Crippen LogP contribution in [-0.4, -0.2) is 18.7 Å². The molecule has 5 nitrogen and oxygen atoms in total. The number of benzene rings is 1. The average molecular weight is 283 g/mol. The molecule has 1 aromatic heterocycles. The van der Waals surface area contributed by atoms with Gasteiger partial charge in [0.05, 0.1) is 12.8 Å². The summed E-state index contributed by atoms with van der Waals surface area (Å²) >= 11 is 0. The Morgan fingerprint density at radius 1 is 1.29 bits per heavy atom. The van der Waals surface area contributed by atoms with Crippen LogP contribution in [0.4, 0.5) is 5.69 Å². The van der Waals surface area contributed by atoms with Crippen LogP contribution in [0.1, 0.15) is 11.3 Å². The van der Waals surface area contributed by atoms with E-state index in [0.717, 1.165) is 11.4 Å². The van der Waals surface area contributed by atoms with Gasteiger partial charge in [-0.25, -0.2) is 5.43 Å². The van der Waals surface area contributed by atoms with Gasteiger partial charge in [0, 0.05) is 11.9 Å². The van der Waals surface area contributed by atoms with Crippen LogP contribution in [0, 0.1) is 6.92 Å². The van der Waals surface area contributed by atoms with E-state index in [4.69, 9.17) is 4.42 Å². The lowest BCUT2D eigenvalue weighted by Gasteiger charge is -2.05. The van der Waals surface area contributed by atoms with Gasteiger partial charge in [0.15, 0.2) is 0 Å². The molecule has 1 heterocycles. The van der Waals surface area contributed by atoms with Crippen molar-refractivity contribution in [2.75, 3.05) is 11.9 Å². The third kappa shape index (κ3) is 5.36. The zero-order chi connectivity index (χ0) is 14.9. The van der Waals surface area contributed by atoms with Crippen LogP contribution in [-0.2, 0) is 4.79 Å². The summed E-state index contributed by atoms with van der Waals surface area (Å²) in [6.45, 7) is 2.18. The number of carbonyl (C=O) groups excluding carboxylic acids is 1. The standard InChI is InChI=1S/C16H17N3O2/c1-13-6-8-14(9-7-13)17-12-16(20)19-18-10-2-4-15-5-3-11-21-15/h2-11,17H,12H2,1H3,(H,19,20)/b4-2+,18-10-. The molecule has 0 aliphatic carbocycles. The number of furan rings is 1. The molecule has 0 aliphatic heterocycles. The quantitative estimate of drug-likeness (QED) is 0.633. The number of hydrogen-bond acceptors (Lipinski definition) is 4. The van der Waals surface area contributed by atoms with Crippen LogP contribution < -0.4 is 10.7 Å². The van der Waals surface area contributed by atoms with Gasteiger partial charge in [0.2, 0.25) is 0 Å². The Balaban J connectivity index is 1.68. The van der Waals surface area contributed by atoms with Crippen molar-refractivity contribution < 1.29 is 9.21 Å². The Morgan fingerprint density at radius 3 is 2.81 bits per heavy atom. The van der Waals surface area contributed by atoms with Crippen LogP contribution >= 0.6 is 0 Å². The first kappa shape index (κ1) is 14.6. The van der Waals surface area contributed by atoms with Crippen molar-refractivity contribution in [1.29, 1.82) is 0 Å². The van der Waals surface area contributed by atoms with Crippen molar-refractivity contribution in [3.05, 3.63) is 60.1 Å². The maximum absolute atomic E-state index is 11.5. The summed E-state index contributed by atoms with van der Waals surface area (Å²) in [5.41, 5.74) is 4.51. The van der Waals surface area contributed by atoms with Crippen molar-refractivity contribution in [3.63, 3.8) is 0 Å². The van der Waals surface area contributed by atoms with Crippen molar-refractivity contribution in [2.45, 2.75) is 6.92 Å². The summed E-state index contributed by atoms with van der Waals surface area (Å²) in [6, 6.07) is 11.5. The Labute approximate surface area is 123 Å². The number of anilines is 1. The second-order valence-corrected chi connectivity index (χ2v) is 4.41. The summed E-state index contributed by atoms with van der Waals surface area (Å²) in [4.78, 5) is 11.5. The van der Waals surface area contributed by atoms with Gasteiger partial charge in [-0.3, -0.25) is 4.79 Å². The number of nitrogens with one attached hydrogen (secondary N) is 2. The largest absolute Gasteiger partial charge is 0.465 e. The van der Waals surface area contributed by atoms with Crippen molar-refractivity contribution >= 4 is 23.9 Å². The van der Waals surface area contributed by atoms with Gasteiger partial charge < -0.3 is 9.73 Å². The van der Waals surface area contributed by atoms with E-state index >= 15 is 0 Å². The molecule has 1 amide bonds. The number of nitrogens with zero attached hydrogens (tertiary/aromatic N) is 1. The normalized spacial score (nSPS) is 11.1. The van der Waals surface area contributed by atoms with Crippen molar-refractivity contribution in [1.82, 2.24) is 5.43 Å². The molecule has 0 radical (unpaired) electrons. The first-order valence-electron chi connectivity index (χ1n) is 6.56. The Morgan fingerprint density at radius 2 is 2.10 bits per heavy atom. The molecule has 2 rings (SSSR count). The zero-order valence-electron chi connectivity index (χ0n) is 11.7. The summed E-state index contributed by atoms with van der Waals surface area (Å²) in [7, 11) is 0. The Kier molecular flexibility index (Phi) is 5.34. The SMILES string of the molecule is Cc1ccc(NCC(=O)N/N=C\C=C\c2ccco2)cc1. The molecule has 108 valence electrons. The fraction of sp³-hybridized carbons (Fsp3) is 0.125. The molecule has 0 saturated carbocycles. The highest BCUT2D eigenvalue weighted by atomic mass is 16.3. The minimum atomic E-state index is -0.210. The van der Waals surface area contributed by atoms with E-state index in [1.54, 1.807) is 24.5 Å². The summed E-state index contributed by atoms with van der Waals surface area (Å²) in [5, 5.41) is 6.82. The van der Waals surface area contributed by atoms with Crippen LogP contribution in [0.3, 0.4) is 0 Å². The van der Waals surface area contributed by atoms with Gasteiger partial charge in [0.25, 0.3) is 5.91 Å². The summed E-state index contributed by atoms with van der Waals surface area (Å²) in [5.74, 6) is 0.520. The van der Waals surface area contributed by atoms with E-state index < -0.39 is 0 Å². The molecule has 0 saturated heterocycles. The maximum Gasteiger partial charge on any atom is 0.259 e. The molecule has 2 aromatic rings. The van der Waals surface area contributed by atoms with Gasteiger partial charge >= 0.3 is 0 Å². The monoisotopic (exact) mass is 283 g/mol. The van der Waals surface area contributed by atoms with E-state index in [9.17, 15) is 4.79 Å². The number of amides is 1. The molecular weight excluding hydrogens is 266 g/mol. The molecule has 0 bridgehead atoms. The van der Waals surface area contributed by atoms with Crippen molar-refractivity contribution in [2.24, 2.45) is 5.10 Å². The Bertz CT molecular complexity index is 613. The topological polar surface area (TPSA) is 66.6 Å². The van der Waals surface area contributed by atoms with Gasteiger partial charge in [0.1, 0.15) is 5.76 Å². The molecule has 0 aliphatic rings. The lowest BCUT2D eigenvalue weighted by atomic mass is 10.2. The van der Waals surface area contributed by atoms with Gasteiger partial charge in [-0.1, -0.05) is 17.7 Å².